The number of carboxylic acids is 1. The van der Waals surface area contributed by atoms with Crippen LogP contribution in [-0.2, 0) is 6.54 Å². The highest BCUT2D eigenvalue weighted by Gasteiger charge is 2.14. The summed E-state index contributed by atoms with van der Waals surface area (Å²) < 4.78 is 1.65. The predicted octanol–water partition coefficient (Wildman–Crippen LogP) is 2.12. The minimum atomic E-state index is -0.996. The molecule has 0 bridgehead atoms. The highest BCUT2D eigenvalue weighted by molar-refractivity contribution is 5.97. The van der Waals surface area contributed by atoms with Crippen molar-refractivity contribution >= 4 is 11.8 Å². The third-order valence-corrected chi connectivity index (χ3v) is 3.31. The van der Waals surface area contributed by atoms with E-state index in [9.17, 15) is 9.59 Å². The van der Waals surface area contributed by atoms with E-state index in [1.807, 2.05) is 7.05 Å². The monoisotopic (exact) mass is 266 g/mol. The van der Waals surface area contributed by atoms with Gasteiger partial charge in [0, 0.05) is 24.3 Å². The zero-order chi connectivity index (χ0) is 14.6. The van der Waals surface area contributed by atoms with Crippen LogP contribution in [0.3, 0.4) is 0 Å². The van der Waals surface area contributed by atoms with E-state index in [4.69, 9.17) is 5.11 Å². The van der Waals surface area contributed by atoms with Gasteiger partial charge >= 0.3 is 5.97 Å². The Morgan fingerprint density at radius 2 is 2.05 bits per heavy atom. The first-order chi connectivity index (χ1) is 8.82. The topological polar surface area (TPSA) is 62.5 Å². The number of ketones is 1. The van der Waals surface area contributed by atoms with Gasteiger partial charge in [0.1, 0.15) is 5.69 Å². The van der Waals surface area contributed by atoms with Gasteiger partial charge in [-0.05, 0) is 46.9 Å². The summed E-state index contributed by atoms with van der Waals surface area (Å²) in [5, 5.41) is 9.11. The van der Waals surface area contributed by atoms with Gasteiger partial charge in [0.2, 0.25) is 0 Å². The maximum Gasteiger partial charge on any atom is 0.352 e. The van der Waals surface area contributed by atoms with Crippen molar-refractivity contribution in [3.05, 3.63) is 23.5 Å². The minimum Gasteiger partial charge on any atom is -0.477 e. The molecule has 0 amide bonds. The first-order valence-corrected chi connectivity index (χ1v) is 6.47. The highest BCUT2D eigenvalue weighted by atomic mass is 16.4. The van der Waals surface area contributed by atoms with Crippen molar-refractivity contribution in [1.82, 2.24) is 9.47 Å². The molecule has 5 nitrogen and oxygen atoms in total. The van der Waals surface area contributed by atoms with Crippen LogP contribution in [0.2, 0.25) is 0 Å². The predicted molar refractivity (Wildman–Crippen MR) is 73.8 cm³/mol. The molecule has 19 heavy (non-hydrogen) atoms. The van der Waals surface area contributed by atoms with E-state index < -0.39 is 5.97 Å². The number of aromatic nitrogens is 1. The lowest BCUT2D eigenvalue weighted by Crippen LogP contribution is -2.28. The summed E-state index contributed by atoms with van der Waals surface area (Å²) >= 11 is 0. The number of carboxylic acid groups (broad SMARTS) is 1. The lowest BCUT2D eigenvalue weighted by atomic mass is 10.2. The Morgan fingerprint density at radius 1 is 1.42 bits per heavy atom. The van der Waals surface area contributed by atoms with Gasteiger partial charge in [-0.1, -0.05) is 0 Å². The van der Waals surface area contributed by atoms with Crippen molar-refractivity contribution in [2.45, 2.75) is 39.8 Å². The summed E-state index contributed by atoms with van der Waals surface area (Å²) in [5.74, 6) is -1.11. The summed E-state index contributed by atoms with van der Waals surface area (Å²) in [6, 6.07) is 1.91. The number of carbonyl (C=O) groups is 2. The number of hydrogen-bond acceptors (Lipinski definition) is 3. The van der Waals surface area contributed by atoms with E-state index >= 15 is 0 Å². The molecular formula is C14H22N2O3. The number of aromatic carboxylic acids is 1. The molecule has 0 fully saturated rings. The molecule has 0 aromatic carbocycles. The Balaban J connectivity index is 2.71. The zero-order valence-corrected chi connectivity index (χ0v) is 12.0. The lowest BCUT2D eigenvalue weighted by molar-refractivity contribution is 0.0684. The van der Waals surface area contributed by atoms with Crippen molar-refractivity contribution in [1.29, 1.82) is 0 Å². The van der Waals surface area contributed by atoms with Crippen LogP contribution in [0.25, 0.3) is 0 Å². The third-order valence-electron chi connectivity index (χ3n) is 3.31. The molecule has 0 aliphatic rings. The molecule has 1 aromatic rings. The number of aryl methyl sites for hydroxylation is 1. The Morgan fingerprint density at radius 3 is 2.53 bits per heavy atom. The van der Waals surface area contributed by atoms with E-state index in [0.29, 0.717) is 18.2 Å². The summed E-state index contributed by atoms with van der Waals surface area (Å²) in [5.41, 5.74) is 0.631. The fraction of sp³-hybridized carbons (Fsp3) is 0.571. The van der Waals surface area contributed by atoms with E-state index in [0.717, 1.165) is 13.0 Å². The number of Topliss-reactive ketones (excluding diaryl/α,β-unsaturated/α-hetero) is 1. The molecule has 1 N–H and O–H groups in total. The second kappa shape index (κ2) is 6.52. The van der Waals surface area contributed by atoms with Gasteiger partial charge in [0.15, 0.2) is 5.78 Å². The molecule has 1 aromatic heterocycles. The third kappa shape index (κ3) is 4.21. The molecular weight excluding hydrogens is 244 g/mol. The average Bonchev–Trinajstić information content (AvgIpc) is 2.73. The van der Waals surface area contributed by atoms with Crippen LogP contribution in [0.5, 0.6) is 0 Å². The van der Waals surface area contributed by atoms with E-state index in [1.54, 1.807) is 10.8 Å². The van der Waals surface area contributed by atoms with Gasteiger partial charge in [-0.15, -0.1) is 0 Å². The number of carbonyl (C=O) groups excluding carboxylic acids is 1. The molecule has 0 aliphatic heterocycles. The second-order valence-electron chi connectivity index (χ2n) is 5.10. The standard InChI is InChI=1S/C14H22N2O3/c1-10(2)15(4)6-5-7-16-9-12(11(3)17)8-13(16)14(18)19/h8-10H,5-7H2,1-4H3,(H,18,19). The molecule has 0 saturated carbocycles. The van der Waals surface area contributed by atoms with E-state index in [2.05, 4.69) is 18.7 Å². The molecule has 5 heteroatoms. The maximum atomic E-state index is 11.3. The van der Waals surface area contributed by atoms with Gasteiger partial charge in [0.25, 0.3) is 0 Å². The van der Waals surface area contributed by atoms with Crippen molar-refractivity contribution in [3.63, 3.8) is 0 Å². The number of hydrogen-bond donors (Lipinski definition) is 1. The number of nitrogens with zero attached hydrogens (tertiary/aromatic N) is 2. The normalized spacial score (nSPS) is 11.3. The first kappa shape index (κ1) is 15.4. The van der Waals surface area contributed by atoms with Gasteiger partial charge in [-0.3, -0.25) is 4.79 Å². The van der Waals surface area contributed by atoms with E-state index in [-0.39, 0.29) is 11.5 Å². The van der Waals surface area contributed by atoms with Crippen LogP contribution in [0.15, 0.2) is 12.3 Å². The van der Waals surface area contributed by atoms with Gasteiger partial charge in [0.05, 0.1) is 0 Å². The lowest BCUT2D eigenvalue weighted by Gasteiger charge is -2.20. The van der Waals surface area contributed by atoms with Crippen molar-refractivity contribution in [2.24, 2.45) is 0 Å². The first-order valence-electron chi connectivity index (χ1n) is 6.47. The molecule has 0 aliphatic carbocycles. The molecule has 0 radical (unpaired) electrons. The molecule has 0 atom stereocenters. The van der Waals surface area contributed by atoms with Crippen LogP contribution in [0, 0.1) is 0 Å². The van der Waals surface area contributed by atoms with Gasteiger partial charge in [-0.25, -0.2) is 4.79 Å². The zero-order valence-electron chi connectivity index (χ0n) is 12.0. The Kier molecular flexibility index (Phi) is 5.30. The SMILES string of the molecule is CC(=O)c1cc(C(=O)O)n(CCCN(C)C(C)C)c1. The molecule has 106 valence electrons. The van der Waals surface area contributed by atoms with Crippen LogP contribution < -0.4 is 0 Å². The summed E-state index contributed by atoms with van der Waals surface area (Å²) in [7, 11) is 2.04. The van der Waals surface area contributed by atoms with Crippen LogP contribution in [0.4, 0.5) is 0 Å². The molecule has 0 spiro atoms. The van der Waals surface area contributed by atoms with Crippen LogP contribution in [0.1, 0.15) is 48.0 Å². The van der Waals surface area contributed by atoms with Crippen molar-refractivity contribution in [3.8, 4) is 0 Å². The maximum absolute atomic E-state index is 11.3. The second-order valence-corrected chi connectivity index (χ2v) is 5.10. The van der Waals surface area contributed by atoms with Crippen molar-refractivity contribution < 1.29 is 14.7 Å². The Bertz CT molecular complexity index is 463. The summed E-state index contributed by atoms with van der Waals surface area (Å²) in [6.45, 7) is 7.17. The highest BCUT2D eigenvalue weighted by Crippen LogP contribution is 2.11. The largest absolute Gasteiger partial charge is 0.477 e. The Labute approximate surface area is 113 Å². The number of rotatable bonds is 7. The van der Waals surface area contributed by atoms with E-state index in [1.165, 1.54) is 13.0 Å². The smallest absolute Gasteiger partial charge is 0.352 e. The molecule has 0 saturated heterocycles. The summed E-state index contributed by atoms with van der Waals surface area (Å²) in [6.07, 6.45) is 2.47. The summed E-state index contributed by atoms with van der Waals surface area (Å²) in [4.78, 5) is 24.6. The van der Waals surface area contributed by atoms with Gasteiger partial charge < -0.3 is 14.6 Å². The average molecular weight is 266 g/mol. The molecule has 1 rings (SSSR count). The van der Waals surface area contributed by atoms with Crippen LogP contribution in [-0.4, -0.2) is 46.0 Å². The molecule has 0 unspecified atom stereocenters. The Hall–Kier alpha value is -1.62. The fourth-order valence-electron chi connectivity index (χ4n) is 1.82. The minimum absolute atomic E-state index is 0.111. The van der Waals surface area contributed by atoms with Crippen LogP contribution >= 0.6 is 0 Å². The molecule has 1 heterocycles. The fourth-order valence-corrected chi connectivity index (χ4v) is 1.82. The quantitative estimate of drug-likeness (QED) is 0.768. The van der Waals surface area contributed by atoms with Gasteiger partial charge in [-0.2, -0.15) is 0 Å². The van der Waals surface area contributed by atoms with Crippen molar-refractivity contribution in [2.75, 3.05) is 13.6 Å².